The van der Waals surface area contributed by atoms with Crippen LogP contribution in [0.5, 0.6) is 5.75 Å². The Morgan fingerprint density at radius 2 is 1.68 bits per heavy atom. The van der Waals surface area contributed by atoms with Crippen molar-refractivity contribution in [3.8, 4) is 5.75 Å². The molecule has 176 valence electrons. The molecule has 0 spiro atoms. The van der Waals surface area contributed by atoms with E-state index in [1.807, 2.05) is 90.7 Å². The van der Waals surface area contributed by atoms with Crippen LogP contribution in [0.15, 0.2) is 78.9 Å². The molecule has 0 aromatic heterocycles. The average molecular weight is 458 g/mol. The van der Waals surface area contributed by atoms with Gasteiger partial charge >= 0.3 is 6.03 Å². The fraction of sp³-hybridized carbons (Fsp3) is 0.286. The molecule has 1 atom stereocenters. The molecule has 1 aliphatic heterocycles. The standard InChI is InChI=1S/C28H31N3O3/c1-3-25(21-10-5-4-6-11-21)27(32)29-23-14-16-24(17-15-23)31-19-9-18-30(28(31)33)20-22-12-7-8-13-26(22)34-2/h4-8,10-17,25H,3,9,18-20H2,1-2H3,(H,29,32)/t25-/m1/s1. The number of rotatable bonds is 8. The van der Waals surface area contributed by atoms with Gasteiger partial charge in [0, 0.05) is 30.0 Å². The Balaban J connectivity index is 1.42. The monoisotopic (exact) mass is 457 g/mol. The van der Waals surface area contributed by atoms with Gasteiger partial charge in [0.2, 0.25) is 5.91 Å². The Hall–Kier alpha value is -3.80. The van der Waals surface area contributed by atoms with Crippen molar-refractivity contribution in [3.05, 3.63) is 90.0 Å². The molecular formula is C28H31N3O3. The maximum atomic E-state index is 13.2. The topological polar surface area (TPSA) is 61.9 Å². The first-order valence-electron chi connectivity index (χ1n) is 11.7. The van der Waals surface area contributed by atoms with Crippen molar-refractivity contribution in [2.45, 2.75) is 32.2 Å². The third kappa shape index (κ3) is 5.22. The molecule has 6 heteroatoms. The summed E-state index contributed by atoms with van der Waals surface area (Å²) in [6, 6.07) is 25.1. The number of nitrogens with zero attached hydrogens (tertiary/aromatic N) is 2. The lowest BCUT2D eigenvalue weighted by Gasteiger charge is -2.36. The summed E-state index contributed by atoms with van der Waals surface area (Å²) in [5.41, 5.74) is 3.54. The van der Waals surface area contributed by atoms with Crippen molar-refractivity contribution in [3.63, 3.8) is 0 Å². The van der Waals surface area contributed by atoms with E-state index in [2.05, 4.69) is 5.32 Å². The number of ether oxygens (including phenoxy) is 1. The van der Waals surface area contributed by atoms with Crippen LogP contribution in [0.4, 0.5) is 16.2 Å². The number of amides is 3. The number of carbonyl (C=O) groups is 2. The van der Waals surface area contributed by atoms with Gasteiger partial charge in [0.25, 0.3) is 0 Å². The van der Waals surface area contributed by atoms with E-state index < -0.39 is 0 Å². The van der Waals surface area contributed by atoms with Crippen molar-refractivity contribution in [2.75, 3.05) is 30.4 Å². The van der Waals surface area contributed by atoms with Crippen LogP contribution in [-0.4, -0.2) is 37.0 Å². The van der Waals surface area contributed by atoms with Crippen LogP contribution >= 0.6 is 0 Å². The molecule has 3 aromatic carbocycles. The summed E-state index contributed by atoms with van der Waals surface area (Å²) in [7, 11) is 1.64. The Labute approximate surface area is 201 Å². The largest absolute Gasteiger partial charge is 0.496 e. The van der Waals surface area contributed by atoms with Gasteiger partial charge in [-0.15, -0.1) is 0 Å². The van der Waals surface area contributed by atoms with Crippen molar-refractivity contribution in [2.24, 2.45) is 0 Å². The molecule has 0 saturated carbocycles. The molecule has 0 aliphatic carbocycles. The smallest absolute Gasteiger partial charge is 0.324 e. The van der Waals surface area contributed by atoms with E-state index in [4.69, 9.17) is 4.74 Å². The molecule has 3 aromatic rings. The number of hydrogen-bond acceptors (Lipinski definition) is 3. The van der Waals surface area contributed by atoms with Crippen LogP contribution in [0.3, 0.4) is 0 Å². The zero-order valence-corrected chi connectivity index (χ0v) is 19.7. The molecule has 0 radical (unpaired) electrons. The fourth-order valence-corrected chi connectivity index (χ4v) is 4.42. The van der Waals surface area contributed by atoms with Crippen molar-refractivity contribution in [1.82, 2.24) is 4.90 Å². The molecule has 0 bridgehead atoms. The van der Waals surface area contributed by atoms with Gasteiger partial charge in [-0.05, 0) is 48.7 Å². The summed E-state index contributed by atoms with van der Waals surface area (Å²) >= 11 is 0. The molecule has 1 fully saturated rings. The van der Waals surface area contributed by atoms with E-state index in [9.17, 15) is 9.59 Å². The van der Waals surface area contributed by atoms with Gasteiger partial charge in [0.05, 0.1) is 19.6 Å². The first-order chi connectivity index (χ1) is 16.6. The summed E-state index contributed by atoms with van der Waals surface area (Å²) in [4.78, 5) is 29.7. The second kappa shape index (κ2) is 10.9. The maximum Gasteiger partial charge on any atom is 0.324 e. The Bertz CT molecular complexity index is 1120. The summed E-state index contributed by atoms with van der Waals surface area (Å²) in [5, 5.41) is 3.02. The Morgan fingerprint density at radius 1 is 0.971 bits per heavy atom. The minimum Gasteiger partial charge on any atom is -0.496 e. The molecule has 1 saturated heterocycles. The molecule has 4 rings (SSSR count). The minimum absolute atomic E-state index is 0.0240. The molecule has 6 nitrogen and oxygen atoms in total. The van der Waals surface area contributed by atoms with Gasteiger partial charge in [-0.2, -0.15) is 0 Å². The van der Waals surface area contributed by atoms with Crippen LogP contribution in [0, 0.1) is 0 Å². The van der Waals surface area contributed by atoms with E-state index in [0.717, 1.165) is 41.1 Å². The van der Waals surface area contributed by atoms with E-state index in [-0.39, 0.29) is 17.9 Å². The molecule has 0 unspecified atom stereocenters. The van der Waals surface area contributed by atoms with Crippen LogP contribution in [-0.2, 0) is 11.3 Å². The van der Waals surface area contributed by atoms with Gasteiger partial charge < -0.3 is 15.0 Å². The van der Waals surface area contributed by atoms with Crippen LogP contribution in [0.2, 0.25) is 0 Å². The second-order valence-corrected chi connectivity index (χ2v) is 8.43. The number of methoxy groups -OCH3 is 1. The molecular weight excluding hydrogens is 426 g/mol. The lowest BCUT2D eigenvalue weighted by atomic mass is 9.95. The van der Waals surface area contributed by atoms with E-state index in [1.54, 1.807) is 12.0 Å². The maximum absolute atomic E-state index is 13.2. The van der Waals surface area contributed by atoms with Crippen LogP contribution in [0.25, 0.3) is 0 Å². The van der Waals surface area contributed by atoms with Gasteiger partial charge in [-0.25, -0.2) is 4.79 Å². The first kappa shape index (κ1) is 23.4. The lowest BCUT2D eigenvalue weighted by molar-refractivity contribution is -0.117. The molecule has 1 N–H and O–H groups in total. The molecule has 1 heterocycles. The number of hydrogen-bond donors (Lipinski definition) is 1. The third-order valence-electron chi connectivity index (χ3n) is 6.24. The predicted molar refractivity (Wildman–Crippen MR) is 135 cm³/mol. The summed E-state index contributed by atoms with van der Waals surface area (Å²) in [6.07, 6.45) is 1.60. The summed E-state index contributed by atoms with van der Waals surface area (Å²) in [5.74, 6) is 0.556. The highest BCUT2D eigenvalue weighted by molar-refractivity contribution is 5.97. The predicted octanol–water partition coefficient (Wildman–Crippen LogP) is 5.66. The summed E-state index contributed by atoms with van der Waals surface area (Å²) in [6.45, 7) is 3.89. The number of nitrogens with one attached hydrogen (secondary N) is 1. The fourth-order valence-electron chi connectivity index (χ4n) is 4.42. The SMILES string of the molecule is CC[C@@H](C(=O)Nc1ccc(N2CCCN(Cc3ccccc3OC)C2=O)cc1)c1ccccc1. The average Bonchev–Trinajstić information content (AvgIpc) is 2.87. The highest BCUT2D eigenvalue weighted by atomic mass is 16.5. The van der Waals surface area contributed by atoms with Gasteiger partial charge in [0.1, 0.15) is 5.75 Å². The zero-order valence-electron chi connectivity index (χ0n) is 19.7. The van der Waals surface area contributed by atoms with Crippen molar-refractivity contribution >= 4 is 23.3 Å². The number of anilines is 2. The van der Waals surface area contributed by atoms with Crippen molar-refractivity contribution < 1.29 is 14.3 Å². The van der Waals surface area contributed by atoms with E-state index in [1.165, 1.54) is 0 Å². The third-order valence-corrected chi connectivity index (χ3v) is 6.24. The van der Waals surface area contributed by atoms with E-state index >= 15 is 0 Å². The van der Waals surface area contributed by atoms with Crippen molar-refractivity contribution in [1.29, 1.82) is 0 Å². The highest BCUT2D eigenvalue weighted by Crippen LogP contribution is 2.27. The summed E-state index contributed by atoms with van der Waals surface area (Å²) < 4.78 is 5.45. The normalized spacial score (nSPS) is 14.6. The first-order valence-corrected chi connectivity index (χ1v) is 11.7. The number of urea groups is 1. The quantitative estimate of drug-likeness (QED) is 0.475. The number of carbonyl (C=O) groups excluding carboxylic acids is 2. The van der Waals surface area contributed by atoms with Gasteiger partial charge in [-0.1, -0.05) is 55.5 Å². The Morgan fingerprint density at radius 3 is 2.38 bits per heavy atom. The minimum atomic E-state index is -0.201. The van der Waals surface area contributed by atoms with Crippen LogP contribution in [0.1, 0.15) is 36.8 Å². The highest BCUT2D eigenvalue weighted by Gasteiger charge is 2.27. The second-order valence-electron chi connectivity index (χ2n) is 8.43. The van der Waals surface area contributed by atoms with Gasteiger partial charge in [-0.3, -0.25) is 9.69 Å². The number of benzene rings is 3. The molecule has 34 heavy (non-hydrogen) atoms. The van der Waals surface area contributed by atoms with E-state index in [0.29, 0.717) is 19.6 Å². The lowest BCUT2D eigenvalue weighted by Crippen LogP contribution is -2.49. The Kier molecular flexibility index (Phi) is 7.48. The molecule has 3 amide bonds. The zero-order chi connectivity index (χ0) is 23.9. The number of para-hydroxylation sites is 1. The van der Waals surface area contributed by atoms with Crippen LogP contribution < -0.4 is 15.0 Å². The molecule has 1 aliphatic rings. The van der Waals surface area contributed by atoms with Gasteiger partial charge in [0.15, 0.2) is 0 Å².